The highest BCUT2D eigenvalue weighted by Gasteiger charge is 2.32. The quantitative estimate of drug-likeness (QED) is 0.745. The van der Waals surface area contributed by atoms with Crippen molar-refractivity contribution in [3.05, 3.63) is 24.8 Å². The number of hydrogen-bond acceptors (Lipinski definition) is 8. The minimum absolute atomic E-state index is 0.0460. The summed E-state index contributed by atoms with van der Waals surface area (Å²) >= 11 is 0. The summed E-state index contributed by atoms with van der Waals surface area (Å²) < 4.78 is 24.7. The first-order valence-electron chi connectivity index (χ1n) is 8.95. The minimum atomic E-state index is -3.00. The van der Waals surface area contributed by atoms with Gasteiger partial charge >= 0.3 is 0 Å². The fraction of sp³-hybridized carbons (Fsp3) is 0.562. The molecule has 2 aromatic heterocycles. The van der Waals surface area contributed by atoms with Crippen LogP contribution in [0.3, 0.4) is 0 Å². The van der Waals surface area contributed by atoms with Crippen LogP contribution in [-0.4, -0.2) is 69.9 Å². The molecular weight excluding hydrogens is 370 g/mol. The van der Waals surface area contributed by atoms with Gasteiger partial charge in [0.1, 0.15) is 12.7 Å². The predicted molar refractivity (Wildman–Crippen MR) is 97.1 cm³/mol. The number of nitrogens with zero attached hydrogens (tertiary/aromatic N) is 6. The molecule has 0 aromatic carbocycles. The van der Waals surface area contributed by atoms with Gasteiger partial charge in [-0.15, -0.1) is 10.2 Å². The normalized spacial score (nSPS) is 24.7. The first-order chi connectivity index (χ1) is 13.0. The van der Waals surface area contributed by atoms with Crippen LogP contribution in [-0.2, 0) is 14.6 Å². The molecule has 0 bridgehead atoms. The molecule has 11 heteroatoms. The highest BCUT2D eigenvalue weighted by atomic mass is 32.2. The van der Waals surface area contributed by atoms with Gasteiger partial charge in [0.25, 0.3) is 0 Å². The van der Waals surface area contributed by atoms with Crippen LogP contribution in [0.15, 0.2) is 24.8 Å². The average molecular weight is 391 g/mol. The summed E-state index contributed by atoms with van der Waals surface area (Å²) in [6.45, 7) is 1.35. The van der Waals surface area contributed by atoms with Gasteiger partial charge in [-0.2, -0.15) is 5.10 Å². The van der Waals surface area contributed by atoms with Crippen LogP contribution in [0.5, 0.6) is 0 Å². The van der Waals surface area contributed by atoms with Gasteiger partial charge in [0.15, 0.2) is 21.5 Å². The van der Waals surface area contributed by atoms with Crippen LogP contribution in [0.1, 0.15) is 19.3 Å². The van der Waals surface area contributed by atoms with Crippen molar-refractivity contribution in [1.29, 1.82) is 0 Å². The molecule has 0 saturated carbocycles. The van der Waals surface area contributed by atoms with E-state index in [2.05, 4.69) is 25.6 Å². The summed E-state index contributed by atoms with van der Waals surface area (Å²) in [5, 5.41) is 15.3. The zero-order valence-electron chi connectivity index (χ0n) is 14.7. The Bertz CT molecular complexity index is 899. The lowest BCUT2D eigenvalue weighted by Gasteiger charge is -2.33. The molecule has 10 nitrogen and oxygen atoms in total. The standard InChI is InChI=1S/C16H21N7O3S/c24-16(19-13-5-7-27(25,26)9-13)12-2-1-6-22(8-12)14-3-4-15(21-20-14)23-11-17-10-18-23/h3-4,10-13H,1-2,5-9H2,(H,19,24). The Hall–Kier alpha value is -2.56. The Balaban J connectivity index is 1.38. The fourth-order valence-corrected chi connectivity index (χ4v) is 5.24. The molecule has 1 amide bonds. The SMILES string of the molecule is O=C(NC1CCS(=O)(=O)C1)C1CCCN(c2ccc(-n3cncn3)nn2)C1. The van der Waals surface area contributed by atoms with Gasteiger partial charge < -0.3 is 10.2 Å². The summed E-state index contributed by atoms with van der Waals surface area (Å²) in [5.41, 5.74) is 0. The number of rotatable bonds is 4. The van der Waals surface area contributed by atoms with Crippen molar-refractivity contribution in [2.24, 2.45) is 5.92 Å². The Morgan fingerprint density at radius 2 is 2.00 bits per heavy atom. The van der Waals surface area contributed by atoms with Crippen molar-refractivity contribution in [3.8, 4) is 5.82 Å². The molecule has 0 radical (unpaired) electrons. The second kappa shape index (κ2) is 7.22. The molecule has 2 atom stereocenters. The lowest BCUT2D eigenvalue weighted by atomic mass is 9.96. The third-order valence-electron chi connectivity index (χ3n) is 4.98. The van der Waals surface area contributed by atoms with Gasteiger partial charge in [0.2, 0.25) is 5.91 Å². The number of piperidine rings is 1. The van der Waals surface area contributed by atoms with Crippen molar-refractivity contribution >= 4 is 21.6 Å². The second-order valence-corrected chi connectivity index (χ2v) is 9.21. The topological polar surface area (TPSA) is 123 Å². The third kappa shape index (κ3) is 4.07. The predicted octanol–water partition coefficient (Wildman–Crippen LogP) is -0.423. The van der Waals surface area contributed by atoms with E-state index in [1.54, 1.807) is 6.33 Å². The molecule has 144 valence electrons. The van der Waals surface area contributed by atoms with Crippen LogP contribution in [0, 0.1) is 5.92 Å². The maximum Gasteiger partial charge on any atom is 0.225 e. The van der Waals surface area contributed by atoms with E-state index in [0.29, 0.717) is 24.6 Å². The Kier molecular flexibility index (Phi) is 4.77. The molecule has 27 heavy (non-hydrogen) atoms. The second-order valence-electron chi connectivity index (χ2n) is 6.98. The van der Waals surface area contributed by atoms with Crippen LogP contribution < -0.4 is 10.2 Å². The highest BCUT2D eigenvalue weighted by Crippen LogP contribution is 2.22. The smallest absolute Gasteiger partial charge is 0.225 e. The molecule has 4 heterocycles. The van der Waals surface area contributed by atoms with Gasteiger partial charge in [-0.05, 0) is 31.4 Å². The maximum absolute atomic E-state index is 12.6. The third-order valence-corrected chi connectivity index (χ3v) is 6.75. The van der Waals surface area contributed by atoms with Crippen LogP contribution >= 0.6 is 0 Å². The first-order valence-corrected chi connectivity index (χ1v) is 10.8. The van der Waals surface area contributed by atoms with Crippen molar-refractivity contribution < 1.29 is 13.2 Å². The summed E-state index contributed by atoms with van der Waals surface area (Å²) in [7, 11) is -3.00. The van der Waals surface area contributed by atoms with Gasteiger partial charge in [-0.3, -0.25) is 4.79 Å². The minimum Gasteiger partial charge on any atom is -0.354 e. The summed E-state index contributed by atoms with van der Waals surface area (Å²) in [5.74, 6) is 1.23. The number of hydrogen-bond donors (Lipinski definition) is 1. The van der Waals surface area contributed by atoms with Gasteiger partial charge in [-0.1, -0.05) is 0 Å². The van der Waals surface area contributed by atoms with Crippen molar-refractivity contribution in [2.45, 2.75) is 25.3 Å². The van der Waals surface area contributed by atoms with E-state index in [4.69, 9.17) is 0 Å². The molecule has 0 aliphatic carbocycles. The zero-order chi connectivity index (χ0) is 18.9. The molecular formula is C16H21N7O3S. The monoisotopic (exact) mass is 391 g/mol. The van der Waals surface area contributed by atoms with E-state index >= 15 is 0 Å². The van der Waals surface area contributed by atoms with E-state index in [1.165, 1.54) is 11.0 Å². The van der Waals surface area contributed by atoms with Gasteiger partial charge in [0.05, 0.1) is 17.4 Å². The van der Waals surface area contributed by atoms with E-state index in [1.807, 2.05) is 17.0 Å². The van der Waals surface area contributed by atoms with Gasteiger partial charge in [0, 0.05) is 19.1 Å². The summed E-state index contributed by atoms with van der Waals surface area (Å²) in [4.78, 5) is 18.5. The number of sulfone groups is 1. The molecule has 4 rings (SSSR count). The number of carbonyl (C=O) groups is 1. The fourth-order valence-electron chi connectivity index (χ4n) is 3.56. The Morgan fingerprint density at radius 1 is 1.19 bits per heavy atom. The molecule has 2 aliphatic heterocycles. The maximum atomic E-state index is 12.6. The molecule has 2 saturated heterocycles. The number of aromatic nitrogens is 5. The number of nitrogens with one attached hydrogen (secondary N) is 1. The molecule has 0 spiro atoms. The van der Waals surface area contributed by atoms with Crippen LogP contribution in [0.4, 0.5) is 5.82 Å². The van der Waals surface area contributed by atoms with E-state index in [9.17, 15) is 13.2 Å². The largest absolute Gasteiger partial charge is 0.354 e. The van der Waals surface area contributed by atoms with Crippen LogP contribution in [0.25, 0.3) is 5.82 Å². The van der Waals surface area contributed by atoms with E-state index in [0.717, 1.165) is 19.4 Å². The molecule has 2 aromatic rings. The lowest BCUT2D eigenvalue weighted by molar-refractivity contribution is -0.125. The number of anilines is 1. The van der Waals surface area contributed by atoms with Gasteiger partial charge in [-0.25, -0.2) is 18.1 Å². The Morgan fingerprint density at radius 3 is 2.67 bits per heavy atom. The Labute approximate surface area is 156 Å². The molecule has 2 aliphatic rings. The van der Waals surface area contributed by atoms with Crippen molar-refractivity contribution in [2.75, 3.05) is 29.5 Å². The summed E-state index contributed by atoms with van der Waals surface area (Å²) in [6, 6.07) is 3.40. The van der Waals surface area contributed by atoms with E-state index < -0.39 is 9.84 Å². The average Bonchev–Trinajstić information content (AvgIpc) is 3.32. The molecule has 1 N–H and O–H groups in total. The van der Waals surface area contributed by atoms with Crippen LogP contribution in [0.2, 0.25) is 0 Å². The molecule has 2 fully saturated rings. The van der Waals surface area contributed by atoms with Crippen molar-refractivity contribution in [3.63, 3.8) is 0 Å². The van der Waals surface area contributed by atoms with Crippen molar-refractivity contribution in [1.82, 2.24) is 30.3 Å². The molecule has 2 unspecified atom stereocenters. The number of amides is 1. The highest BCUT2D eigenvalue weighted by molar-refractivity contribution is 7.91. The van der Waals surface area contributed by atoms with E-state index in [-0.39, 0.29) is 29.4 Å². The zero-order valence-corrected chi connectivity index (χ0v) is 15.5. The first kappa shape index (κ1) is 17.8. The lowest BCUT2D eigenvalue weighted by Crippen LogP contribution is -2.46. The number of carbonyl (C=O) groups excluding carboxylic acids is 1. The summed E-state index contributed by atoms with van der Waals surface area (Å²) in [6.07, 6.45) is 5.13.